The Morgan fingerprint density at radius 1 is 1.06 bits per heavy atom. The number of rotatable bonds is 6. The highest BCUT2D eigenvalue weighted by Gasteiger charge is 2.25. The van der Waals surface area contributed by atoms with Crippen molar-refractivity contribution in [2.24, 2.45) is 5.92 Å². The summed E-state index contributed by atoms with van der Waals surface area (Å²) in [5.74, 6) is 0.871. The Labute approximate surface area is 210 Å². The van der Waals surface area contributed by atoms with Crippen LogP contribution in [0.1, 0.15) is 46.5 Å². The van der Waals surface area contributed by atoms with E-state index < -0.39 is 5.60 Å². The van der Waals surface area contributed by atoms with Gasteiger partial charge in [-0.2, -0.15) is 0 Å². The molecule has 0 radical (unpaired) electrons. The standard InChI is InChI=1S/C26H43N5O2S/c1-26(2,3)33-25(32)28-22-9-13-31(14-10-22)34-24-6-4-5-23(19-24)30-17-15-29(16-18-30)20-21-7-11-27-12-8-21/h4-6,19,21-22,27H,7-18,20H2,1-3H3,(H,28,32). The van der Waals surface area contributed by atoms with Gasteiger partial charge in [0.15, 0.2) is 0 Å². The zero-order valence-corrected chi connectivity index (χ0v) is 22.0. The summed E-state index contributed by atoms with van der Waals surface area (Å²) in [6.07, 6.45) is 4.25. The van der Waals surface area contributed by atoms with Crippen LogP contribution in [0.2, 0.25) is 0 Å². The number of benzene rings is 1. The molecule has 4 rings (SSSR count). The average Bonchev–Trinajstić information content (AvgIpc) is 2.80. The summed E-state index contributed by atoms with van der Waals surface area (Å²) in [5.41, 5.74) is 0.888. The fraction of sp³-hybridized carbons (Fsp3) is 0.731. The van der Waals surface area contributed by atoms with E-state index in [0.717, 1.165) is 44.9 Å². The maximum atomic E-state index is 12.0. The first-order valence-corrected chi connectivity index (χ1v) is 13.8. The minimum atomic E-state index is -0.453. The fourth-order valence-corrected chi connectivity index (χ4v) is 6.07. The van der Waals surface area contributed by atoms with Crippen LogP contribution in [0.5, 0.6) is 0 Å². The van der Waals surface area contributed by atoms with Crippen molar-refractivity contribution in [2.45, 2.75) is 63.0 Å². The molecule has 0 atom stereocenters. The lowest BCUT2D eigenvalue weighted by atomic mass is 9.97. The van der Waals surface area contributed by atoms with Crippen LogP contribution >= 0.6 is 11.9 Å². The molecule has 190 valence electrons. The first-order chi connectivity index (χ1) is 16.3. The van der Waals surface area contributed by atoms with E-state index in [4.69, 9.17) is 4.74 Å². The third-order valence-electron chi connectivity index (χ3n) is 6.94. The van der Waals surface area contributed by atoms with Crippen LogP contribution in [0.4, 0.5) is 10.5 Å². The Morgan fingerprint density at radius 3 is 2.44 bits per heavy atom. The maximum Gasteiger partial charge on any atom is 0.407 e. The number of piperazine rings is 1. The van der Waals surface area contributed by atoms with Crippen LogP contribution in [-0.2, 0) is 4.74 Å². The zero-order valence-electron chi connectivity index (χ0n) is 21.2. The second-order valence-corrected chi connectivity index (χ2v) is 12.1. The summed E-state index contributed by atoms with van der Waals surface area (Å²) in [4.78, 5) is 18.6. The van der Waals surface area contributed by atoms with Crippen LogP contribution in [0.25, 0.3) is 0 Å². The number of piperidine rings is 2. The number of ether oxygens (including phenoxy) is 1. The molecule has 0 bridgehead atoms. The first-order valence-electron chi connectivity index (χ1n) is 13.0. The van der Waals surface area contributed by atoms with Crippen LogP contribution in [0.3, 0.4) is 0 Å². The van der Waals surface area contributed by atoms with Gasteiger partial charge < -0.3 is 20.3 Å². The van der Waals surface area contributed by atoms with Gasteiger partial charge in [-0.25, -0.2) is 9.10 Å². The van der Waals surface area contributed by atoms with E-state index in [1.54, 1.807) is 0 Å². The van der Waals surface area contributed by atoms with Gasteiger partial charge in [0.2, 0.25) is 0 Å². The molecule has 0 aliphatic carbocycles. The molecule has 8 heteroatoms. The average molecular weight is 490 g/mol. The van der Waals surface area contributed by atoms with Gasteiger partial charge in [0, 0.05) is 62.4 Å². The largest absolute Gasteiger partial charge is 0.444 e. The second kappa shape index (κ2) is 12.0. The Kier molecular flexibility index (Phi) is 9.02. The second-order valence-electron chi connectivity index (χ2n) is 10.9. The lowest BCUT2D eigenvalue weighted by Gasteiger charge is -2.38. The van der Waals surface area contributed by atoms with Crippen molar-refractivity contribution in [3.05, 3.63) is 24.3 Å². The van der Waals surface area contributed by atoms with Gasteiger partial charge in [-0.1, -0.05) is 6.07 Å². The Hall–Kier alpha value is -1.48. The van der Waals surface area contributed by atoms with E-state index in [0.29, 0.717) is 0 Å². The third kappa shape index (κ3) is 8.04. The Bertz CT molecular complexity index is 780. The molecule has 0 unspecified atom stereocenters. The molecule has 3 fully saturated rings. The Morgan fingerprint density at radius 2 is 1.76 bits per heavy atom. The summed E-state index contributed by atoms with van der Waals surface area (Å²) >= 11 is 1.84. The smallest absolute Gasteiger partial charge is 0.407 e. The van der Waals surface area contributed by atoms with Crippen LogP contribution < -0.4 is 15.5 Å². The lowest BCUT2D eigenvalue weighted by molar-refractivity contribution is 0.0490. The van der Waals surface area contributed by atoms with Gasteiger partial charge in [-0.05, 0) is 95.6 Å². The number of carbonyl (C=O) groups excluding carboxylic acids is 1. The van der Waals surface area contributed by atoms with Gasteiger partial charge >= 0.3 is 6.09 Å². The van der Waals surface area contributed by atoms with Crippen LogP contribution in [-0.4, -0.2) is 85.8 Å². The molecule has 0 spiro atoms. The van der Waals surface area contributed by atoms with E-state index in [-0.39, 0.29) is 12.1 Å². The van der Waals surface area contributed by atoms with Crippen molar-refractivity contribution < 1.29 is 9.53 Å². The number of nitrogens with one attached hydrogen (secondary N) is 2. The highest BCUT2D eigenvalue weighted by Crippen LogP contribution is 2.30. The number of hydrogen-bond acceptors (Lipinski definition) is 7. The monoisotopic (exact) mass is 489 g/mol. The molecule has 0 aromatic heterocycles. The van der Waals surface area contributed by atoms with Gasteiger partial charge in [0.25, 0.3) is 0 Å². The maximum absolute atomic E-state index is 12.0. The molecule has 2 N–H and O–H groups in total. The molecule has 3 aliphatic heterocycles. The van der Waals surface area contributed by atoms with E-state index in [1.807, 2.05) is 32.7 Å². The molecule has 1 amide bonds. The summed E-state index contributed by atoms with van der Waals surface area (Å²) < 4.78 is 7.82. The molecule has 3 heterocycles. The summed E-state index contributed by atoms with van der Waals surface area (Å²) in [7, 11) is 0. The van der Waals surface area contributed by atoms with Crippen molar-refractivity contribution in [3.8, 4) is 0 Å². The number of alkyl carbamates (subject to hydrolysis) is 1. The third-order valence-corrected chi connectivity index (χ3v) is 8.03. The van der Waals surface area contributed by atoms with E-state index in [1.165, 1.54) is 56.1 Å². The number of carbonyl (C=O) groups is 1. The minimum absolute atomic E-state index is 0.194. The molecule has 3 saturated heterocycles. The lowest BCUT2D eigenvalue weighted by Crippen LogP contribution is -2.48. The quantitative estimate of drug-likeness (QED) is 0.590. The van der Waals surface area contributed by atoms with Crippen molar-refractivity contribution in [3.63, 3.8) is 0 Å². The summed E-state index contributed by atoms with van der Waals surface area (Å²) in [6.45, 7) is 15.8. The Balaban J connectivity index is 1.20. The predicted molar refractivity (Wildman–Crippen MR) is 141 cm³/mol. The van der Waals surface area contributed by atoms with E-state index in [2.05, 4.69) is 49.0 Å². The van der Waals surface area contributed by atoms with Gasteiger partial charge in [-0.3, -0.25) is 4.90 Å². The van der Waals surface area contributed by atoms with Gasteiger partial charge in [-0.15, -0.1) is 0 Å². The molecule has 1 aromatic rings. The van der Waals surface area contributed by atoms with Gasteiger partial charge in [0.05, 0.1) is 0 Å². The SMILES string of the molecule is CC(C)(C)OC(=O)NC1CCN(Sc2cccc(N3CCN(CC4CCNCC4)CC3)c2)CC1. The number of amides is 1. The van der Waals surface area contributed by atoms with Crippen molar-refractivity contribution in [2.75, 3.05) is 63.8 Å². The number of anilines is 1. The predicted octanol–water partition coefficient (Wildman–Crippen LogP) is 3.80. The highest BCUT2D eigenvalue weighted by molar-refractivity contribution is 7.97. The number of hydrogen-bond donors (Lipinski definition) is 2. The van der Waals surface area contributed by atoms with Gasteiger partial charge in [0.1, 0.15) is 5.60 Å². The summed E-state index contributed by atoms with van der Waals surface area (Å²) in [6, 6.07) is 9.20. The molecule has 7 nitrogen and oxygen atoms in total. The molecule has 34 heavy (non-hydrogen) atoms. The number of nitrogens with zero attached hydrogens (tertiary/aromatic N) is 3. The van der Waals surface area contributed by atoms with Crippen molar-refractivity contribution in [1.29, 1.82) is 0 Å². The van der Waals surface area contributed by atoms with Crippen LogP contribution in [0, 0.1) is 5.92 Å². The summed E-state index contributed by atoms with van der Waals surface area (Å²) in [5, 5.41) is 6.51. The van der Waals surface area contributed by atoms with Crippen molar-refractivity contribution in [1.82, 2.24) is 19.8 Å². The molecular weight excluding hydrogens is 446 g/mol. The fourth-order valence-electron chi connectivity index (χ4n) is 5.07. The molecule has 3 aliphatic rings. The van der Waals surface area contributed by atoms with Crippen molar-refractivity contribution >= 4 is 23.7 Å². The van der Waals surface area contributed by atoms with E-state index >= 15 is 0 Å². The van der Waals surface area contributed by atoms with E-state index in [9.17, 15) is 4.79 Å². The zero-order chi connectivity index (χ0) is 24.0. The highest BCUT2D eigenvalue weighted by atomic mass is 32.2. The molecule has 1 aromatic carbocycles. The molecular formula is C26H43N5O2S. The normalized spacial score (nSPS) is 22.0. The molecule has 0 saturated carbocycles. The van der Waals surface area contributed by atoms with Crippen LogP contribution in [0.15, 0.2) is 29.2 Å². The topological polar surface area (TPSA) is 60.1 Å². The minimum Gasteiger partial charge on any atom is -0.444 e. The first kappa shape index (κ1) is 25.6.